The molecule has 0 aliphatic carbocycles. The van der Waals surface area contributed by atoms with Crippen LogP contribution in [0.3, 0.4) is 0 Å². The second-order valence-electron chi connectivity index (χ2n) is 5.73. The number of benzene rings is 2. The molecule has 0 atom stereocenters. The van der Waals surface area contributed by atoms with E-state index in [1.54, 1.807) is 6.07 Å². The molecule has 0 N–H and O–H groups in total. The zero-order valence-electron chi connectivity index (χ0n) is 12.1. The van der Waals surface area contributed by atoms with Crippen LogP contribution in [0.4, 0.5) is 0 Å². The summed E-state index contributed by atoms with van der Waals surface area (Å²) in [7, 11) is 0. The molecule has 2 aromatic carbocycles. The van der Waals surface area contributed by atoms with Gasteiger partial charge in [-0.05, 0) is 35.2 Å². The minimum atomic E-state index is 0.152. The number of nitriles is 1. The summed E-state index contributed by atoms with van der Waals surface area (Å²) in [5.41, 5.74) is 3.80. The lowest BCUT2D eigenvalue weighted by Gasteiger charge is -2.18. The highest BCUT2D eigenvalue weighted by atomic mass is 14.2. The Bertz CT molecular complexity index is 698. The van der Waals surface area contributed by atoms with Crippen LogP contribution < -0.4 is 0 Å². The lowest BCUT2D eigenvalue weighted by molar-refractivity contribution is 0.590. The standard InChI is InChI=1S/C19H17N/c1-19(2,3)18-12-9-15(10-13-18)8-11-16-6-4-5-7-17(16)14-20/h4-7,9-10,12-13H,1-3H3. The summed E-state index contributed by atoms with van der Waals surface area (Å²) in [6.07, 6.45) is 0. The fourth-order valence-electron chi connectivity index (χ4n) is 1.88. The van der Waals surface area contributed by atoms with E-state index in [-0.39, 0.29) is 5.41 Å². The molecule has 20 heavy (non-hydrogen) atoms. The van der Waals surface area contributed by atoms with E-state index < -0.39 is 0 Å². The first-order valence-electron chi connectivity index (χ1n) is 6.62. The SMILES string of the molecule is CC(C)(C)c1ccc(C#Cc2ccccc2C#N)cc1. The van der Waals surface area contributed by atoms with Crippen molar-refractivity contribution < 1.29 is 0 Å². The second kappa shape index (κ2) is 5.64. The Kier molecular flexibility index (Phi) is 3.92. The smallest absolute Gasteiger partial charge is 0.100 e. The van der Waals surface area contributed by atoms with Gasteiger partial charge >= 0.3 is 0 Å². The zero-order chi connectivity index (χ0) is 14.6. The van der Waals surface area contributed by atoms with Gasteiger partial charge in [0.15, 0.2) is 0 Å². The van der Waals surface area contributed by atoms with E-state index in [9.17, 15) is 0 Å². The molecular weight excluding hydrogens is 242 g/mol. The van der Waals surface area contributed by atoms with Gasteiger partial charge in [-0.15, -0.1) is 0 Å². The number of rotatable bonds is 0. The van der Waals surface area contributed by atoms with Gasteiger partial charge in [0.05, 0.1) is 5.56 Å². The molecule has 0 heterocycles. The molecule has 0 aliphatic heterocycles. The Morgan fingerprint density at radius 2 is 1.40 bits per heavy atom. The van der Waals surface area contributed by atoms with Gasteiger partial charge in [0.1, 0.15) is 6.07 Å². The fraction of sp³-hybridized carbons (Fsp3) is 0.211. The highest BCUT2D eigenvalue weighted by Gasteiger charge is 2.12. The predicted octanol–water partition coefficient (Wildman–Crippen LogP) is 4.26. The van der Waals surface area contributed by atoms with Gasteiger partial charge in [0.25, 0.3) is 0 Å². The molecule has 0 saturated carbocycles. The molecule has 0 unspecified atom stereocenters. The second-order valence-corrected chi connectivity index (χ2v) is 5.73. The summed E-state index contributed by atoms with van der Waals surface area (Å²) in [4.78, 5) is 0. The van der Waals surface area contributed by atoms with E-state index in [1.807, 2.05) is 30.3 Å². The number of nitrogens with zero attached hydrogens (tertiary/aromatic N) is 1. The highest BCUT2D eigenvalue weighted by Crippen LogP contribution is 2.21. The minimum Gasteiger partial charge on any atom is -0.192 e. The number of hydrogen-bond donors (Lipinski definition) is 0. The van der Waals surface area contributed by atoms with E-state index in [1.165, 1.54) is 5.56 Å². The first-order chi connectivity index (χ1) is 9.50. The van der Waals surface area contributed by atoms with Crippen molar-refractivity contribution in [1.82, 2.24) is 0 Å². The molecular formula is C19H17N. The molecule has 0 aliphatic rings. The van der Waals surface area contributed by atoms with Crippen molar-refractivity contribution in [3.63, 3.8) is 0 Å². The summed E-state index contributed by atoms with van der Waals surface area (Å²) < 4.78 is 0. The molecule has 1 nitrogen and oxygen atoms in total. The molecule has 98 valence electrons. The van der Waals surface area contributed by atoms with E-state index >= 15 is 0 Å². The topological polar surface area (TPSA) is 23.8 Å². The van der Waals surface area contributed by atoms with Gasteiger partial charge in [0, 0.05) is 11.1 Å². The first-order valence-corrected chi connectivity index (χ1v) is 6.62. The van der Waals surface area contributed by atoms with Gasteiger partial charge in [-0.2, -0.15) is 5.26 Å². The Labute approximate surface area is 120 Å². The third-order valence-electron chi connectivity index (χ3n) is 3.14. The van der Waals surface area contributed by atoms with Crippen LogP contribution in [0.1, 0.15) is 43.0 Å². The number of hydrogen-bond acceptors (Lipinski definition) is 1. The lowest BCUT2D eigenvalue weighted by atomic mass is 9.87. The molecule has 0 spiro atoms. The highest BCUT2D eigenvalue weighted by molar-refractivity contribution is 5.51. The van der Waals surface area contributed by atoms with E-state index in [2.05, 4.69) is 50.8 Å². The van der Waals surface area contributed by atoms with Crippen molar-refractivity contribution in [3.8, 4) is 17.9 Å². The summed E-state index contributed by atoms with van der Waals surface area (Å²) in [5.74, 6) is 6.18. The maximum Gasteiger partial charge on any atom is 0.100 e. The normalized spacial score (nSPS) is 10.3. The third-order valence-corrected chi connectivity index (χ3v) is 3.14. The van der Waals surface area contributed by atoms with Gasteiger partial charge < -0.3 is 0 Å². The monoisotopic (exact) mass is 259 g/mol. The van der Waals surface area contributed by atoms with Gasteiger partial charge in [-0.3, -0.25) is 0 Å². The van der Waals surface area contributed by atoms with E-state index in [0.29, 0.717) is 5.56 Å². The molecule has 0 amide bonds. The van der Waals surface area contributed by atoms with Crippen molar-refractivity contribution >= 4 is 0 Å². The Hall–Kier alpha value is -2.51. The molecule has 1 heteroatoms. The van der Waals surface area contributed by atoms with E-state index in [4.69, 9.17) is 5.26 Å². The van der Waals surface area contributed by atoms with Crippen LogP contribution in [0.15, 0.2) is 48.5 Å². The van der Waals surface area contributed by atoms with Crippen molar-refractivity contribution in [2.24, 2.45) is 0 Å². The van der Waals surface area contributed by atoms with Crippen LogP contribution in [-0.4, -0.2) is 0 Å². The fourth-order valence-corrected chi connectivity index (χ4v) is 1.88. The van der Waals surface area contributed by atoms with Crippen LogP contribution in [0.5, 0.6) is 0 Å². The van der Waals surface area contributed by atoms with Crippen molar-refractivity contribution in [1.29, 1.82) is 5.26 Å². The average molecular weight is 259 g/mol. The van der Waals surface area contributed by atoms with Gasteiger partial charge in [-0.25, -0.2) is 0 Å². The lowest BCUT2D eigenvalue weighted by Crippen LogP contribution is -2.10. The van der Waals surface area contributed by atoms with Crippen LogP contribution >= 0.6 is 0 Å². The molecule has 0 fully saturated rings. The minimum absolute atomic E-state index is 0.152. The Morgan fingerprint density at radius 3 is 1.95 bits per heavy atom. The van der Waals surface area contributed by atoms with Crippen molar-refractivity contribution in [3.05, 3.63) is 70.8 Å². The average Bonchev–Trinajstić information content (AvgIpc) is 2.45. The predicted molar refractivity (Wildman–Crippen MR) is 82.3 cm³/mol. The summed E-state index contributed by atoms with van der Waals surface area (Å²) in [6, 6.07) is 17.8. The largest absolute Gasteiger partial charge is 0.192 e. The molecule has 0 saturated heterocycles. The van der Waals surface area contributed by atoms with Crippen LogP contribution in [-0.2, 0) is 5.41 Å². The summed E-state index contributed by atoms with van der Waals surface area (Å²) >= 11 is 0. The van der Waals surface area contributed by atoms with Crippen molar-refractivity contribution in [2.75, 3.05) is 0 Å². The molecule has 2 rings (SSSR count). The first kappa shape index (κ1) is 13.9. The zero-order valence-corrected chi connectivity index (χ0v) is 12.1. The van der Waals surface area contributed by atoms with Crippen LogP contribution in [0.25, 0.3) is 0 Å². The quantitative estimate of drug-likeness (QED) is 0.649. The molecule has 0 aromatic heterocycles. The molecule has 0 radical (unpaired) electrons. The third kappa shape index (κ3) is 3.28. The summed E-state index contributed by atoms with van der Waals surface area (Å²) in [5, 5.41) is 9.02. The van der Waals surface area contributed by atoms with Crippen LogP contribution in [0, 0.1) is 23.2 Å². The molecule has 2 aromatic rings. The van der Waals surface area contributed by atoms with Crippen LogP contribution in [0.2, 0.25) is 0 Å². The Morgan fingerprint density at radius 1 is 0.800 bits per heavy atom. The van der Waals surface area contributed by atoms with Crippen molar-refractivity contribution in [2.45, 2.75) is 26.2 Å². The maximum atomic E-state index is 9.02. The maximum absolute atomic E-state index is 9.02. The van der Waals surface area contributed by atoms with E-state index in [0.717, 1.165) is 11.1 Å². The van der Waals surface area contributed by atoms with Gasteiger partial charge in [0.2, 0.25) is 0 Å². The van der Waals surface area contributed by atoms with Gasteiger partial charge in [-0.1, -0.05) is 56.9 Å². The molecule has 0 bridgehead atoms. The summed E-state index contributed by atoms with van der Waals surface area (Å²) in [6.45, 7) is 6.57. The Balaban J connectivity index is 2.28.